The number of ether oxygens (including phenoxy) is 1. The van der Waals surface area contributed by atoms with E-state index in [9.17, 15) is 4.79 Å². The van der Waals surface area contributed by atoms with Gasteiger partial charge in [-0.2, -0.15) is 0 Å². The zero-order valence-corrected chi connectivity index (χ0v) is 12.5. The fourth-order valence-electron chi connectivity index (χ4n) is 1.80. The molecule has 0 bridgehead atoms. The largest absolute Gasteiger partial charge is 0.484 e. The molecule has 1 aromatic rings. The lowest BCUT2D eigenvalue weighted by Crippen LogP contribution is -2.27. The molecule has 0 aromatic heterocycles. The van der Waals surface area contributed by atoms with E-state index in [1.807, 2.05) is 19.1 Å². The molecule has 1 atom stereocenters. The molecule has 0 aliphatic rings. The molecule has 1 rings (SSSR count). The Morgan fingerprint density at radius 1 is 1.42 bits per heavy atom. The summed E-state index contributed by atoms with van der Waals surface area (Å²) in [4.78, 5) is 13.0. The number of hydrogen-bond acceptors (Lipinski definition) is 3. The van der Waals surface area contributed by atoms with E-state index in [2.05, 4.69) is 25.2 Å². The van der Waals surface area contributed by atoms with E-state index in [4.69, 9.17) is 4.74 Å². The van der Waals surface area contributed by atoms with Crippen LogP contribution in [0, 0.1) is 6.92 Å². The molecular formula is C15H24N2O2. The molecule has 19 heavy (non-hydrogen) atoms. The Morgan fingerprint density at radius 2 is 2.11 bits per heavy atom. The number of nitrogens with one attached hydrogen (secondary N) is 1. The first-order chi connectivity index (χ1) is 8.95. The van der Waals surface area contributed by atoms with Crippen LogP contribution in [0.25, 0.3) is 0 Å². The first-order valence-corrected chi connectivity index (χ1v) is 6.62. The highest BCUT2D eigenvalue weighted by Crippen LogP contribution is 2.22. The number of carbonyl (C=O) groups excluding carboxylic acids is 1. The standard InChI is InChI=1S/C15H24N2O2/c1-6-16-12(3)13-7-8-14(11(2)9-13)19-10-15(18)17(4)5/h7-9,12,16H,6,10H2,1-5H3. The van der Waals surface area contributed by atoms with Crippen LogP contribution in [0.1, 0.15) is 31.0 Å². The van der Waals surface area contributed by atoms with E-state index in [1.54, 1.807) is 14.1 Å². The molecule has 4 nitrogen and oxygen atoms in total. The van der Waals surface area contributed by atoms with Crippen molar-refractivity contribution in [3.63, 3.8) is 0 Å². The highest BCUT2D eigenvalue weighted by Gasteiger charge is 2.09. The average Bonchev–Trinajstić information content (AvgIpc) is 2.36. The molecule has 1 amide bonds. The topological polar surface area (TPSA) is 41.6 Å². The van der Waals surface area contributed by atoms with Crippen molar-refractivity contribution >= 4 is 5.91 Å². The summed E-state index contributed by atoms with van der Waals surface area (Å²) in [5, 5.41) is 3.37. The fourth-order valence-corrected chi connectivity index (χ4v) is 1.80. The van der Waals surface area contributed by atoms with Gasteiger partial charge in [-0.05, 0) is 37.6 Å². The van der Waals surface area contributed by atoms with Gasteiger partial charge in [-0.1, -0.05) is 19.1 Å². The second kappa shape index (κ2) is 7.14. The number of aryl methyl sites for hydroxylation is 1. The quantitative estimate of drug-likeness (QED) is 0.856. The third-order valence-corrected chi connectivity index (χ3v) is 3.06. The minimum Gasteiger partial charge on any atom is -0.484 e. The van der Waals surface area contributed by atoms with Gasteiger partial charge in [0.2, 0.25) is 0 Å². The van der Waals surface area contributed by atoms with Crippen molar-refractivity contribution in [2.75, 3.05) is 27.2 Å². The molecule has 0 aliphatic carbocycles. The third-order valence-electron chi connectivity index (χ3n) is 3.06. The van der Waals surface area contributed by atoms with E-state index in [-0.39, 0.29) is 12.5 Å². The van der Waals surface area contributed by atoms with E-state index >= 15 is 0 Å². The molecule has 0 heterocycles. The molecule has 106 valence electrons. The van der Waals surface area contributed by atoms with Crippen molar-refractivity contribution in [2.45, 2.75) is 26.8 Å². The predicted molar refractivity (Wildman–Crippen MR) is 77.5 cm³/mol. The van der Waals surface area contributed by atoms with E-state index in [0.717, 1.165) is 17.9 Å². The molecular weight excluding hydrogens is 240 g/mol. The molecule has 0 aliphatic heterocycles. The lowest BCUT2D eigenvalue weighted by molar-refractivity contribution is -0.130. The van der Waals surface area contributed by atoms with Gasteiger partial charge in [0.15, 0.2) is 6.61 Å². The zero-order chi connectivity index (χ0) is 14.4. The van der Waals surface area contributed by atoms with Gasteiger partial charge in [0.25, 0.3) is 5.91 Å². The summed E-state index contributed by atoms with van der Waals surface area (Å²) in [5.41, 5.74) is 2.28. The SMILES string of the molecule is CCNC(C)c1ccc(OCC(=O)N(C)C)c(C)c1. The maximum absolute atomic E-state index is 11.5. The molecule has 0 saturated heterocycles. The summed E-state index contributed by atoms with van der Waals surface area (Å²) in [6.07, 6.45) is 0. The predicted octanol–water partition coefficient (Wildman–Crippen LogP) is 2.13. The highest BCUT2D eigenvalue weighted by molar-refractivity contribution is 5.77. The average molecular weight is 264 g/mol. The minimum absolute atomic E-state index is 0.0375. The molecule has 4 heteroatoms. The fraction of sp³-hybridized carbons (Fsp3) is 0.533. The van der Waals surface area contributed by atoms with Crippen LogP contribution in [-0.2, 0) is 4.79 Å². The summed E-state index contributed by atoms with van der Waals surface area (Å²) in [6.45, 7) is 7.24. The number of carbonyl (C=O) groups is 1. The second-order valence-electron chi connectivity index (χ2n) is 4.88. The van der Waals surface area contributed by atoms with Crippen molar-refractivity contribution in [1.82, 2.24) is 10.2 Å². The van der Waals surface area contributed by atoms with Gasteiger partial charge in [-0.15, -0.1) is 0 Å². The molecule has 0 radical (unpaired) electrons. The van der Waals surface area contributed by atoms with Crippen LogP contribution in [0.5, 0.6) is 5.75 Å². The number of amides is 1. The lowest BCUT2D eigenvalue weighted by Gasteiger charge is -2.16. The first-order valence-electron chi connectivity index (χ1n) is 6.62. The van der Waals surface area contributed by atoms with Crippen LogP contribution in [0.15, 0.2) is 18.2 Å². The molecule has 1 unspecified atom stereocenters. The lowest BCUT2D eigenvalue weighted by atomic mass is 10.1. The summed E-state index contributed by atoms with van der Waals surface area (Å²) < 4.78 is 5.54. The summed E-state index contributed by atoms with van der Waals surface area (Å²) >= 11 is 0. The van der Waals surface area contributed by atoms with Crippen molar-refractivity contribution < 1.29 is 9.53 Å². The van der Waals surface area contributed by atoms with Gasteiger partial charge < -0.3 is 15.0 Å². The number of likely N-dealkylation sites (N-methyl/N-ethyl adjacent to an activating group) is 1. The Morgan fingerprint density at radius 3 is 2.63 bits per heavy atom. The first kappa shape index (κ1) is 15.5. The Labute approximate surface area is 115 Å². The van der Waals surface area contributed by atoms with Crippen LogP contribution in [0.2, 0.25) is 0 Å². The van der Waals surface area contributed by atoms with Gasteiger partial charge in [-0.3, -0.25) is 4.79 Å². The summed E-state index contributed by atoms with van der Waals surface area (Å²) in [5.74, 6) is 0.729. The molecule has 1 aromatic carbocycles. The number of nitrogens with zero attached hydrogens (tertiary/aromatic N) is 1. The summed E-state index contributed by atoms with van der Waals surface area (Å²) in [7, 11) is 3.44. The Bertz CT molecular complexity index is 430. The number of hydrogen-bond donors (Lipinski definition) is 1. The highest BCUT2D eigenvalue weighted by atomic mass is 16.5. The normalized spacial score (nSPS) is 12.1. The zero-order valence-electron chi connectivity index (χ0n) is 12.5. The maximum Gasteiger partial charge on any atom is 0.259 e. The van der Waals surface area contributed by atoms with Crippen LogP contribution >= 0.6 is 0 Å². The van der Waals surface area contributed by atoms with Crippen LogP contribution in [-0.4, -0.2) is 38.1 Å². The smallest absolute Gasteiger partial charge is 0.259 e. The Hall–Kier alpha value is -1.55. The Balaban J connectivity index is 2.69. The van der Waals surface area contributed by atoms with Gasteiger partial charge in [0, 0.05) is 20.1 Å². The molecule has 1 N–H and O–H groups in total. The van der Waals surface area contributed by atoms with Crippen molar-refractivity contribution in [1.29, 1.82) is 0 Å². The second-order valence-corrected chi connectivity index (χ2v) is 4.88. The van der Waals surface area contributed by atoms with E-state index in [0.29, 0.717) is 6.04 Å². The van der Waals surface area contributed by atoms with Gasteiger partial charge in [0.05, 0.1) is 0 Å². The van der Waals surface area contributed by atoms with Gasteiger partial charge >= 0.3 is 0 Å². The maximum atomic E-state index is 11.5. The van der Waals surface area contributed by atoms with Crippen LogP contribution in [0.4, 0.5) is 0 Å². The molecule has 0 spiro atoms. The Kier molecular flexibility index (Phi) is 5.83. The van der Waals surface area contributed by atoms with Crippen molar-refractivity contribution in [3.05, 3.63) is 29.3 Å². The third kappa shape index (κ3) is 4.56. The molecule has 0 saturated carbocycles. The van der Waals surface area contributed by atoms with Crippen molar-refractivity contribution in [3.8, 4) is 5.75 Å². The number of benzene rings is 1. The van der Waals surface area contributed by atoms with Gasteiger partial charge in [0.1, 0.15) is 5.75 Å². The monoisotopic (exact) mass is 264 g/mol. The minimum atomic E-state index is -0.0375. The van der Waals surface area contributed by atoms with Crippen molar-refractivity contribution in [2.24, 2.45) is 0 Å². The number of rotatable bonds is 6. The summed E-state index contributed by atoms with van der Waals surface area (Å²) in [6, 6.07) is 6.39. The van der Waals surface area contributed by atoms with Gasteiger partial charge in [-0.25, -0.2) is 0 Å². The van der Waals surface area contributed by atoms with E-state index < -0.39 is 0 Å². The van der Waals surface area contributed by atoms with Crippen LogP contribution in [0.3, 0.4) is 0 Å². The van der Waals surface area contributed by atoms with Crippen LogP contribution < -0.4 is 10.1 Å². The van der Waals surface area contributed by atoms with E-state index in [1.165, 1.54) is 10.5 Å². The molecule has 0 fully saturated rings.